The minimum absolute atomic E-state index is 0.0744. The molecule has 68 valence electrons. The Hall–Kier alpha value is -0.810. The molecule has 0 aliphatic carbocycles. The largest absolute Gasteiger partial charge is 0.197 e. The molecular formula is C11H12BrN. The average Bonchev–Trinajstić information content (AvgIpc) is 2.11. The zero-order valence-electron chi connectivity index (χ0n) is 7.84. The molecule has 1 aromatic carbocycles. The van der Waals surface area contributed by atoms with Gasteiger partial charge in [0, 0.05) is 0 Å². The van der Waals surface area contributed by atoms with Crippen molar-refractivity contribution in [1.29, 1.82) is 5.26 Å². The number of rotatable bonds is 2. The molecule has 0 aliphatic rings. The lowest BCUT2D eigenvalue weighted by Crippen LogP contribution is -1.99. The molecule has 13 heavy (non-hydrogen) atoms. The zero-order valence-corrected chi connectivity index (χ0v) is 9.43. The Labute approximate surface area is 87.5 Å². The first-order chi connectivity index (χ1) is 6.13. The standard InChI is InChI=1S/C11H12BrN/c1-8-3-4-10(5-9(8)2)6-11(12)7-13/h3-5,11H,6H2,1-2H3. The Kier molecular flexibility index (Phi) is 3.50. The maximum Gasteiger partial charge on any atom is 0.105 e. The van der Waals surface area contributed by atoms with Crippen molar-refractivity contribution in [2.75, 3.05) is 0 Å². The monoisotopic (exact) mass is 237 g/mol. The van der Waals surface area contributed by atoms with E-state index in [4.69, 9.17) is 5.26 Å². The van der Waals surface area contributed by atoms with Gasteiger partial charge in [-0.1, -0.05) is 34.1 Å². The highest BCUT2D eigenvalue weighted by atomic mass is 79.9. The van der Waals surface area contributed by atoms with Crippen LogP contribution in [0.25, 0.3) is 0 Å². The number of nitrogens with zero attached hydrogens (tertiary/aromatic N) is 1. The lowest BCUT2D eigenvalue weighted by atomic mass is 10.0. The normalized spacial score (nSPS) is 12.2. The van der Waals surface area contributed by atoms with Crippen molar-refractivity contribution in [2.24, 2.45) is 0 Å². The van der Waals surface area contributed by atoms with Gasteiger partial charge in [0.2, 0.25) is 0 Å². The lowest BCUT2D eigenvalue weighted by molar-refractivity contribution is 1.04. The molecule has 0 saturated heterocycles. The van der Waals surface area contributed by atoms with E-state index in [0.29, 0.717) is 0 Å². The maximum absolute atomic E-state index is 8.62. The van der Waals surface area contributed by atoms with Crippen molar-refractivity contribution in [3.05, 3.63) is 34.9 Å². The first kappa shape index (κ1) is 10.3. The number of nitriles is 1. The summed E-state index contributed by atoms with van der Waals surface area (Å²) in [4.78, 5) is -0.0744. The van der Waals surface area contributed by atoms with Crippen LogP contribution in [0.15, 0.2) is 18.2 Å². The van der Waals surface area contributed by atoms with Gasteiger partial charge in [-0.15, -0.1) is 0 Å². The van der Waals surface area contributed by atoms with E-state index in [2.05, 4.69) is 54.0 Å². The van der Waals surface area contributed by atoms with Crippen molar-refractivity contribution in [3.63, 3.8) is 0 Å². The first-order valence-electron chi connectivity index (χ1n) is 4.23. The molecule has 0 spiro atoms. The molecule has 0 N–H and O–H groups in total. The summed E-state index contributed by atoms with van der Waals surface area (Å²) in [6, 6.07) is 8.48. The van der Waals surface area contributed by atoms with Gasteiger partial charge in [0.25, 0.3) is 0 Å². The highest BCUT2D eigenvalue weighted by Crippen LogP contribution is 2.13. The van der Waals surface area contributed by atoms with Gasteiger partial charge in [-0.25, -0.2) is 0 Å². The van der Waals surface area contributed by atoms with Gasteiger partial charge < -0.3 is 0 Å². The van der Waals surface area contributed by atoms with Crippen molar-refractivity contribution in [2.45, 2.75) is 25.1 Å². The number of alkyl halides is 1. The molecule has 0 aliphatic heterocycles. The van der Waals surface area contributed by atoms with Crippen LogP contribution in [0.5, 0.6) is 0 Å². The first-order valence-corrected chi connectivity index (χ1v) is 5.15. The van der Waals surface area contributed by atoms with Crippen LogP contribution in [0.3, 0.4) is 0 Å². The van der Waals surface area contributed by atoms with Gasteiger partial charge in [-0.2, -0.15) is 5.26 Å². The molecular weight excluding hydrogens is 226 g/mol. The van der Waals surface area contributed by atoms with Crippen LogP contribution in [0.1, 0.15) is 16.7 Å². The van der Waals surface area contributed by atoms with Crippen LogP contribution in [-0.2, 0) is 6.42 Å². The van der Waals surface area contributed by atoms with Crippen LogP contribution < -0.4 is 0 Å². The lowest BCUT2D eigenvalue weighted by Gasteiger charge is -2.05. The molecule has 1 rings (SSSR count). The van der Waals surface area contributed by atoms with Crippen LogP contribution >= 0.6 is 15.9 Å². The third-order valence-corrected chi connectivity index (χ3v) is 2.65. The summed E-state index contributed by atoms with van der Waals surface area (Å²) < 4.78 is 0. The minimum atomic E-state index is -0.0744. The van der Waals surface area contributed by atoms with Crippen molar-refractivity contribution >= 4 is 15.9 Å². The predicted molar refractivity (Wildman–Crippen MR) is 57.9 cm³/mol. The van der Waals surface area contributed by atoms with Gasteiger partial charge >= 0.3 is 0 Å². The Morgan fingerprint density at radius 1 is 1.38 bits per heavy atom. The summed E-state index contributed by atoms with van der Waals surface area (Å²) >= 11 is 3.30. The predicted octanol–water partition coefficient (Wildman–Crippen LogP) is 3.13. The molecule has 2 heteroatoms. The molecule has 0 aromatic heterocycles. The van der Waals surface area contributed by atoms with Crippen LogP contribution in [0, 0.1) is 25.2 Å². The molecule has 0 heterocycles. The number of hydrogen-bond acceptors (Lipinski definition) is 1. The van der Waals surface area contributed by atoms with E-state index in [1.807, 2.05) is 0 Å². The number of aryl methyl sites for hydroxylation is 2. The van der Waals surface area contributed by atoms with E-state index < -0.39 is 0 Å². The van der Waals surface area contributed by atoms with Crippen molar-refractivity contribution in [1.82, 2.24) is 0 Å². The molecule has 1 atom stereocenters. The van der Waals surface area contributed by atoms with Crippen LogP contribution in [0.4, 0.5) is 0 Å². The van der Waals surface area contributed by atoms with E-state index >= 15 is 0 Å². The second kappa shape index (κ2) is 4.43. The van der Waals surface area contributed by atoms with Gasteiger partial charge in [-0.05, 0) is 37.0 Å². The SMILES string of the molecule is Cc1ccc(CC(Br)C#N)cc1C. The summed E-state index contributed by atoms with van der Waals surface area (Å²) in [6.45, 7) is 4.18. The minimum Gasteiger partial charge on any atom is -0.197 e. The van der Waals surface area contributed by atoms with Gasteiger partial charge in [0.05, 0.1) is 6.07 Å². The average molecular weight is 238 g/mol. The zero-order chi connectivity index (χ0) is 9.84. The van der Waals surface area contributed by atoms with E-state index in [9.17, 15) is 0 Å². The maximum atomic E-state index is 8.62. The second-order valence-electron chi connectivity index (χ2n) is 3.22. The molecule has 0 saturated carbocycles. The molecule has 1 aromatic rings. The quantitative estimate of drug-likeness (QED) is 0.726. The third kappa shape index (κ3) is 2.86. The Morgan fingerprint density at radius 3 is 2.62 bits per heavy atom. The summed E-state index contributed by atoms with van der Waals surface area (Å²) in [5.74, 6) is 0. The fourth-order valence-electron chi connectivity index (χ4n) is 1.18. The highest BCUT2D eigenvalue weighted by Gasteiger charge is 2.03. The number of hydrogen-bond donors (Lipinski definition) is 0. The smallest absolute Gasteiger partial charge is 0.105 e. The summed E-state index contributed by atoms with van der Waals surface area (Å²) in [5.41, 5.74) is 3.80. The van der Waals surface area contributed by atoms with Gasteiger partial charge in [0.15, 0.2) is 0 Å². The Balaban J connectivity index is 2.81. The fraction of sp³-hybridized carbons (Fsp3) is 0.364. The van der Waals surface area contributed by atoms with Crippen LogP contribution in [-0.4, -0.2) is 4.83 Å². The van der Waals surface area contributed by atoms with E-state index in [0.717, 1.165) is 6.42 Å². The molecule has 0 bridgehead atoms. The number of halogens is 1. The summed E-state index contributed by atoms with van der Waals surface area (Å²) in [6.07, 6.45) is 0.775. The molecule has 0 amide bonds. The van der Waals surface area contributed by atoms with Crippen molar-refractivity contribution in [3.8, 4) is 6.07 Å². The van der Waals surface area contributed by atoms with Crippen LogP contribution in [0.2, 0.25) is 0 Å². The highest BCUT2D eigenvalue weighted by molar-refractivity contribution is 9.09. The number of benzene rings is 1. The van der Waals surface area contributed by atoms with Crippen molar-refractivity contribution < 1.29 is 0 Å². The van der Waals surface area contributed by atoms with E-state index in [1.165, 1.54) is 16.7 Å². The third-order valence-electron chi connectivity index (χ3n) is 2.13. The molecule has 0 radical (unpaired) electrons. The van der Waals surface area contributed by atoms with Gasteiger partial charge in [-0.3, -0.25) is 0 Å². The van der Waals surface area contributed by atoms with E-state index in [1.54, 1.807) is 0 Å². The molecule has 1 nitrogen and oxygen atoms in total. The Bertz CT molecular complexity index is 338. The fourth-order valence-corrected chi connectivity index (χ4v) is 1.56. The Morgan fingerprint density at radius 2 is 2.08 bits per heavy atom. The second-order valence-corrected chi connectivity index (χ2v) is 4.32. The van der Waals surface area contributed by atoms with E-state index in [-0.39, 0.29) is 4.83 Å². The molecule has 0 fully saturated rings. The summed E-state index contributed by atoms with van der Waals surface area (Å²) in [5, 5.41) is 8.62. The topological polar surface area (TPSA) is 23.8 Å². The van der Waals surface area contributed by atoms with Gasteiger partial charge in [0.1, 0.15) is 4.83 Å². The summed E-state index contributed by atoms with van der Waals surface area (Å²) in [7, 11) is 0. The molecule has 1 unspecified atom stereocenters.